The summed E-state index contributed by atoms with van der Waals surface area (Å²) in [7, 11) is 1.36. The highest BCUT2D eigenvalue weighted by atomic mass is 32.2. The third-order valence-corrected chi connectivity index (χ3v) is 3.74. The molecular weight excluding hydrogens is 266 g/mol. The Morgan fingerprint density at radius 1 is 1.47 bits per heavy atom. The van der Waals surface area contributed by atoms with Crippen LogP contribution in [0, 0.1) is 13.8 Å². The van der Waals surface area contributed by atoms with Gasteiger partial charge in [0, 0.05) is 5.25 Å². The number of nitrogens with one attached hydrogen (secondary N) is 2. The maximum Gasteiger partial charge on any atom is 0.306 e. The second-order valence-corrected chi connectivity index (χ2v) is 5.69. The molecule has 1 unspecified atom stereocenters. The van der Waals surface area contributed by atoms with Gasteiger partial charge in [-0.25, -0.2) is 0 Å². The number of nitrogens with zero attached hydrogens (tertiary/aromatic N) is 1. The number of aryl methyl sites for hydroxylation is 2. The zero-order valence-electron chi connectivity index (χ0n) is 11.6. The molecule has 1 aromatic rings. The maximum atomic E-state index is 11.8. The van der Waals surface area contributed by atoms with Gasteiger partial charge in [-0.1, -0.05) is 6.92 Å². The van der Waals surface area contributed by atoms with Crippen LogP contribution in [0.4, 0.5) is 5.69 Å². The third kappa shape index (κ3) is 4.94. The molecule has 2 N–H and O–H groups in total. The van der Waals surface area contributed by atoms with Gasteiger partial charge in [0.2, 0.25) is 5.91 Å². The highest BCUT2D eigenvalue weighted by Crippen LogP contribution is 2.18. The highest BCUT2D eigenvalue weighted by Gasteiger charge is 2.14. The van der Waals surface area contributed by atoms with Gasteiger partial charge in [0.1, 0.15) is 0 Å². The fourth-order valence-electron chi connectivity index (χ4n) is 1.51. The minimum Gasteiger partial charge on any atom is -0.469 e. The molecule has 6 nitrogen and oxygen atoms in total. The number of amides is 1. The number of aromatic nitrogens is 2. The van der Waals surface area contributed by atoms with E-state index in [1.165, 1.54) is 18.9 Å². The van der Waals surface area contributed by atoms with Crippen molar-refractivity contribution in [2.45, 2.75) is 32.4 Å². The van der Waals surface area contributed by atoms with E-state index in [1.54, 1.807) is 0 Å². The molecular formula is C12H19N3O3S. The standard InChI is InChI=1S/C12H19N3O3S/c1-7(5-11(17)18-4)19-6-10(16)13-12-8(2)14-15-9(12)3/h7H,5-6H2,1-4H3,(H,13,16)(H,14,15). The lowest BCUT2D eigenvalue weighted by atomic mass is 10.3. The molecule has 1 heterocycles. The summed E-state index contributed by atoms with van der Waals surface area (Å²) in [5, 5.41) is 9.67. The molecule has 1 atom stereocenters. The lowest BCUT2D eigenvalue weighted by Crippen LogP contribution is -2.18. The maximum absolute atomic E-state index is 11.8. The molecule has 7 heteroatoms. The molecule has 0 fully saturated rings. The Balaban J connectivity index is 2.38. The Labute approximate surface area is 116 Å². The first kappa shape index (κ1) is 15.6. The quantitative estimate of drug-likeness (QED) is 0.776. The first-order valence-electron chi connectivity index (χ1n) is 5.93. The first-order chi connectivity index (χ1) is 8.93. The Bertz CT molecular complexity index is 440. The SMILES string of the molecule is COC(=O)CC(C)SCC(=O)Nc1c(C)n[nH]c1C. The number of H-pyrrole nitrogens is 1. The number of carbonyl (C=O) groups is 2. The molecule has 0 saturated carbocycles. The van der Waals surface area contributed by atoms with E-state index >= 15 is 0 Å². The number of carbonyl (C=O) groups excluding carboxylic acids is 2. The molecule has 0 bridgehead atoms. The van der Waals surface area contributed by atoms with Crippen LogP contribution in [0.2, 0.25) is 0 Å². The van der Waals surface area contributed by atoms with Crippen LogP contribution in [0.15, 0.2) is 0 Å². The van der Waals surface area contributed by atoms with Crippen molar-refractivity contribution in [3.05, 3.63) is 11.4 Å². The van der Waals surface area contributed by atoms with Gasteiger partial charge >= 0.3 is 5.97 Å². The van der Waals surface area contributed by atoms with Crippen LogP contribution < -0.4 is 5.32 Å². The molecule has 1 aromatic heterocycles. The minimum absolute atomic E-state index is 0.0461. The van der Waals surface area contributed by atoms with E-state index in [4.69, 9.17) is 0 Å². The summed E-state index contributed by atoms with van der Waals surface area (Å²) in [6.45, 7) is 5.57. The average Bonchev–Trinajstić information content (AvgIpc) is 2.68. The molecule has 1 rings (SSSR count). The Morgan fingerprint density at radius 3 is 2.68 bits per heavy atom. The molecule has 0 aliphatic heterocycles. The van der Waals surface area contributed by atoms with Crippen molar-refractivity contribution in [2.24, 2.45) is 0 Å². The van der Waals surface area contributed by atoms with Crippen molar-refractivity contribution in [3.63, 3.8) is 0 Å². The van der Waals surface area contributed by atoms with Crippen LogP contribution in [-0.4, -0.2) is 40.2 Å². The van der Waals surface area contributed by atoms with E-state index < -0.39 is 0 Å². The molecule has 0 spiro atoms. The van der Waals surface area contributed by atoms with Gasteiger partial charge < -0.3 is 10.1 Å². The highest BCUT2D eigenvalue weighted by molar-refractivity contribution is 8.00. The summed E-state index contributed by atoms with van der Waals surface area (Å²) in [4.78, 5) is 22.8. The van der Waals surface area contributed by atoms with Crippen LogP contribution in [-0.2, 0) is 14.3 Å². The number of methoxy groups -OCH3 is 1. The lowest BCUT2D eigenvalue weighted by molar-refractivity contribution is -0.140. The summed E-state index contributed by atoms with van der Waals surface area (Å²) in [5.41, 5.74) is 2.32. The number of hydrogen-bond donors (Lipinski definition) is 2. The van der Waals surface area contributed by atoms with Crippen LogP contribution in [0.5, 0.6) is 0 Å². The van der Waals surface area contributed by atoms with Gasteiger partial charge in [-0.05, 0) is 13.8 Å². The van der Waals surface area contributed by atoms with Crippen LogP contribution in [0.1, 0.15) is 24.7 Å². The summed E-state index contributed by atoms with van der Waals surface area (Å²) >= 11 is 1.42. The van der Waals surface area contributed by atoms with E-state index in [0.717, 1.165) is 17.1 Å². The predicted octanol–water partition coefficient (Wildman–Crippen LogP) is 1.65. The van der Waals surface area contributed by atoms with Gasteiger partial charge in [0.25, 0.3) is 0 Å². The molecule has 0 radical (unpaired) electrons. The predicted molar refractivity (Wildman–Crippen MR) is 75.2 cm³/mol. The van der Waals surface area contributed by atoms with Gasteiger partial charge in [-0.2, -0.15) is 5.10 Å². The lowest BCUT2D eigenvalue weighted by Gasteiger charge is -2.10. The van der Waals surface area contributed by atoms with Gasteiger partial charge in [-0.3, -0.25) is 14.7 Å². The van der Waals surface area contributed by atoms with E-state index in [1.807, 2.05) is 20.8 Å². The van der Waals surface area contributed by atoms with Gasteiger partial charge in [-0.15, -0.1) is 11.8 Å². The molecule has 106 valence electrons. The summed E-state index contributed by atoms with van der Waals surface area (Å²) in [6, 6.07) is 0. The second-order valence-electron chi connectivity index (χ2n) is 4.26. The van der Waals surface area contributed by atoms with Crippen molar-refractivity contribution < 1.29 is 14.3 Å². The topological polar surface area (TPSA) is 84.1 Å². The van der Waals surface area contributed by atoms with Crippen molar-refractivity contribution in [1.29, 1.82) is 0 Å². The van der Waals surface area contributed by atoms with E-state index in [2.05, 4.69) is 20.3 Å². The molecule has 0 aliphatic rings. The number of rotatable bonds is 6. The number of esters is 1. The summed E-state index contributed by atoms with van der Waals surface area (Å²) in [5.74, 6) is -0.0707. The Morgan fingerprint density at radius 2 is 2.16 bits per heavy atom. The zero-order chi connectivity index (χ0) is 14.4. The largest absolute Gasteiger partial charge is 0.469 e. The fraction of sp³-hybridized carbons (Fsp3) is 0.583. The minimum atomic E-state index is -0.262. The smallest absolute Gasteiger partial charge is 0.306 e. The van der Waals surface area contributed by atoms with E-state index in [9.17, 15) is 9.59 Å². The second kappa shape index (κ2) is 7.18. The molecule has 0 aromatic carbocycles. The zero-order valence-corrected chi connectivity index (χ0v) is 12.4. The third-order valence-electron chi connectivity index (χ3n) is 2.57. The Hall–Kier alpha value is -1.50. The number of hydrogen-bond acceptors (Lipinski definition) is 5. The van der Waals surface area contributed by atoms with Crippen molar-refractivity contribution in [1.82, 2.24) is 10.2 Å². The van der Waals surface area contributed by atoms with Crippen molar-refractivity contribution in [3.8, 4) is 0 Å². The monoisotopic (exact) mass is 285 g/mol. The van der Waals surface area contributed by atoms with E-state index in [-0.39, 0.29) is 17.1 Å². The summed E-state index contributed by atoms with van der Waals surface area (Å²) < 4.78 is 4.58. The van der Waals surface area contributed by atoms with Gasteiger partial charge in [0.05, 0.1) is 36.4 Å². The number of thioether (sulfide) groups is 1. The van der Waals surface area contributed by atoms with E-state index in [0.29, 0.717) is 12.2 Å². The molecule has 1 amide bonds. The van der Waals surface area contributed by atoms with Crippen LogP contribution in [0.25, 0.3) is 0 Å². The number of anilines is 1. The molecule has 0 aliphatic carbocycles. The Kier molecular flexibility index (Phi) is 5.88. The van der Waals surface area contributed by atoms with Crippen LogP contribution >= 0.6 is 11.8 Å². The number of aromatic amines is 1. The van der Waals surface area contributed by atoms with Crippen molar-refractivity contribution >= 4 is 29.3 Å². The first-order valence-corrected chi connectivity index (χ1v) is 6.98. The molecule has 19 heavy (non-hydrogen) atoms. The average molecular weight is 285 g/mol. The fourth-order valence-corrected chi connectivity index (χ4v) is 2.27. The van der Waals surface area contributed by atoms with Gasteiger partial charge in [0.15, 0.2) is 0 Å². The van der Waals surface area contributed by atoms with Crippen molar-refractivity contribution in [2.75, 3.05) is 18.2 Å². The molecule has 0 saturated heterocycles. The summed E-state index contributed by atoms with van der Waals surface area (Å²) in [6.07, 6.45) is 0.304. The van der Waals surface area contributed by atoms with Crippen LogP contribution in [0.3, 0.4) is 0 Å². The normalized spacial score (nSPS) is 12.0. The number of ether oxygens (including phenoxy) is 1.